The quantitative estimate of drug-likeness (QED) is 0.909. The molecule has 1 heterocycles. The van der Waals surface area contributed by atoms with E-state index >= 15 is 0 Å². The van der Waals surface area contributed by atoms with Crippen molar-refractivity contribution in [2.75, 3.05) is 13.2 Å². The van der Waals surface area contributed by atoms with Gasteiger partial charge in [0.1, 0.15) is 0 Å². The summed E-state index contributed by atoms with van der Waals surface area (Å²) in [6.07, 6.45) is 0. The van der Waals surface area contributed by atoms with E-state index in [-0.39, 0.29) is 6.04 Å². The highest BCUT2D eigenvalue weighted by molar-refractivity contribution is 5.32. The molecule has 1 aliphatic heterocycles. The molecule has 1 aliphatic rings. The summed E-state index contributed by atoms with van der Waals surface area (Å²) < 4.78 is 11.4. The van der Waals surface area contributed by atoms with Crippen LogP contribution in [0.5, 0.6) is 0 Å². The Morgan fingerprint density at radius 3 is 2.47 bits per heavy atom. The Kier molecular flexibility index (Phi) is 4.29. The average molecular weight is 263 g/mol. The third-order valence-corrected chi connectivity index (χ3v) is 3.65. The average Bonchev–Trinajstić information content (AvgIpc) is 2.35. The van der Waals surface area contributed by atoms with Gasteiger partial charge in [0.05, 0.1) is 19.3 Å². The lowest BCUT2D eigenvalue weighted by Gasteiger charge is -2.36. The molecule has 0 amide bonds. The monoisotopic (exact) mass is 263 g/mol. The zero-order valence-corrected chi connectivity index (χ0v) is 12.6. The number of nitrogens with one attached hydrogen (secondary N) is 1. The zero-order valence-electron chi connectivity index (χ0n) is 12.6. The maximum Gasteiger partial charge on any atom is 0.162 e. The van der Waals surface area contributed by atoms with E-state index in [0.717, 1.165) is 0 Å². The fraction of sp³-hybridized carbons (Fsp3) is 0.625. The summed E-state index contributed by atoms with van der Waals surface area (Å²) >= 11 is 0. The van der Waals surface area contributed by atoms with Crippen LogP contribution in [-0.4, -0.2) is 25.0 Å². The minimum atomic E-state index is -0.444. The van der Waals surface area contributed by atoms with Crippen molar-refractivity contribution in [1.82, 2.24) is 5.32 Å². The van der Waals surface area contributed by atoms with Gasteiger partial charge in [0.2, 0.25) is 0 Å². The van der Waals surface area contributed by atoms with Gasteiger partial charge in [0.25, 0.3) is 0 Å². The molecule has 0 spiro atoms. The van der Waals surface area contributed by atoms with Gasteiger partial charge in [0, 0.05) is 6.04 Å². The van der Waals surface area contributed by atoms with Gasteiger partial charge in [-0.1, -0.05) is 23.8 Å². The van der Waals surface area contributed by atoms with Crippen LogP contribution < -0.4 is 5.32 Å². The smallest absolute Gasteiger partial charge is 0.162 e. The predicted molar refractivity (Wildman–Crippen MR) is 77.2 cm³/mol. The Balaban J connectivity index is 1.98. The van der Waals surface area contributed by atoms with Crippen molar-refractivity contribution < 1.29 is 9.47 Å². The van der Waals surface area contributed by atoms with E-state index in [4.69, 9.17) is 9.47 Å². The second kappa shape index (κ2) is 5.61. The number of rotatable bonds is 3. The van der Waals surface area contributed by atoms with Gasteiger partial charge >= 0.3 is 0 Å². The van der Waals surface area contributed by atoms with Crippen LogP contribution in [0.4, 0.5) is 0 Å². The fourth-order valence-corrected chi connectivity index (χ4v) is 2.46. The molecule has 0 radical (unpaired) electrons. The summed E-state index contributed by atoms with van der Waals surface area (Å²) in [6.45, 7) is 11.8. The van der Waals surface area contributed by atoms with Crippen LogP contribution in [0.25, 0.3) is 0 Å². The summed E-state index contributed by atoms with van der Waals surface area (Å²) in [4.78, 5) is 0. The molecule has 0 aliphatic carbocycles. The number of benzene rings is 1. The first kappa shape index (κ1) is 14.5. The van der Waals surface area contributed by atoms with Gasteiger partial charge in [-0.15, -0.1) is 0 Å². The fourth-order valence-electron chi connectivity index (χ4n) is 2.46. The van der Waals surface area contributed by atoms with Gasteiger partial charge in [-0.05, 0) is 45.7 Å². The van der Waals surface area contributed by atoms with Crippen LogP contribution in [-0.2, 0) is 9.47 Å². The van der Waals surface area contributed by atoms with Crippen LogP contribution in [0.3, 0.4) is 0 Å². The SMILES string of the molecule is Cc1ccc(C)c(C(C)NC2COC(C)(C)OC2)c1. The zero-order chi connectivity index (χ0) is 14.0. The van der Waals surface area contributed by atoms with Crippen molar-refractivity contribution in [2.45, 2.75) is 52.5 Å². The summed E-state index contributed by atoms with van der Waals surface area (Å²) in [5.41, 5.74) is 3.97. The van der Waals surface area contributed by atoms with Crippen molar-refractivity contribution in [1.29, 1.82) is 0 Å². The van der Waals surface area contributed by atoms with Gasteiger partial charge in [-0.2, -0.15) is 0 Å². The topological polar surface area (TPSA) is 30.5 Å². The molecular weight excluding hydrogens is 238 g/mol. The largest absolute Gasteiger partial charge is 0.349 e. The van der Waals surface area contributed by atoms with E-state index in [1.165, 1.54) is 16.7 Å². The lowest BCUT2D eigenvalue weighted by molar-refractivity contribution is -0.253. The molecule has 0 aromatic heterocycles. The molecule has 1 fully saturated rings. The molecule has 1 aromatic carbocycles. The van der Waals surface area contributed by atoms with E-state index in [2.05, 4.69) is 44.3 Å². The summed E-state index contributed by atoms with van der Waals surface area (Å²) in [7, 11) is 0. The molecule has 2 rings (SSSR count). The Labute approximate surface area is 116 Å². The first-order valence-corrected chi connectivity index (χ1v) is 6.98. The third-order valence-electron chi connectivity index (χ3n) is 3.65. The van der Waals surface area contributed by atoms with Crippen LogP contribution >= 0.6 is 0 Å². The first-order chi connectivity index (χ1) is 8.87. The Morgan fingerprint density at radius 1 is 1.21 bits per heavy atom. The maximum atomic E-state index is 5.68. The van der Waals surface area contributed by atoms with Crippen LogP contribution in [0.15, 0.2) is 18.2 Å². The predicted octanol–water partition coefficient (Wildman–Crippen LogP) is 3.11. The van der Waals surface area contributed by atoms with Crippen molar-refractivity contribution >= 4 is 0 Å². The van der Waals surface area contributed by atoms with Crippen LogP contribution in [0, 0.1) is 13.8 Å². The summed E-state index contributed by atoms with van der Waals surface area (Å²) in [5, 5.41) is 3.59. The van der Waals surface area contributed by atoms with E-state index < -0.39 is 5.79 Å². The van der Waals surface area contributed by atoms with E-state index in [0.29, 0.717) is 19.3 Å². The first-order valence-electron chi connectivity index (χ1n) is 6.98. The maximum absolute atomic E-state index is 5.68. The second-order valence-electron chi connectivity index (χ2n) is 5.97. The number of hydrogen-bond donors (Lipinski definition) is 1. The molecule has 3 heteroatoms. The highest BCUT2D eigenvalue weighted by Gasteiger charge is 2.29. The molecule has 106 valence electrons. The van der Waals surface area contributed by atoms with Gasteiger partial charge in [-0.3, -0.25) is 0 Å². The number of hydrogen-bond acceptors (Lipinski definition) is 3. The van der Waals surface area contributed by atoms with E-state index in [1.54, 1.807) is 0 Å². The van der Waals surface area contributed by atoms with Crippen molar-refractivity contribution in [3.05, 3.63) is 34.9 Å². The molecule has 3 nitrogen and oxygen atoms in total. The van der Waals surface area contributed by atoms with Gasteiger partial charge in [0.15, 0.2) is 5.79 Å². The Morgan fingerprint density at radius 2 is 1.84 bits per heavy atom. The number of aryl methyl sites for hydroxylation is 2. The summed E-state index contributed by atoms with van der Waals surface area (Å²) in [6, 6.07) is 7.14. The highest BCUT2D eigenvalue weighted by Crippen LogP contribution is 2.22. The third kappa shape index (κ3) is 3.78. The van der Waals surface area contributed by atoms with Crippen molar-refractivity contribution in [3.63, 3.8) is 0 Å². The molecule has 1 N–H and O–H groups in total. The molecule has 1 saturated heterocycles. The normalized spacial score (nSPS) is 21.3. The van der Waals surface area contributed by atoms with Crippen molar-refractivity contribution in [2.24, 2.45) is 0 Å². The number of ether oxygens (including phenoxy) is 2. The molecule has 1 atom stereocenters. The molecule has 0 saturated carbocycles. The molecule has 19 heavy (non-hydrogen) atoms. The summed E-state index contributed by atoms with van der Waals surface area (Å²) in [5.74, 6) is -0.444. The lowest BCUT2D eigenvalue weighted by atomic mass is 9.99. The Bertz CT molecular complexity index is 432. The Hall–Kier alpha value is -0.900. The molecule has 0 bridgehead atoms. The molecular formula is C16H25NO2. The molecule has 1 unspecified atom stereocenters. The standard InChI is InChI=1S/C16H25NO2/c1-11-6-7-12(2)15(8-11)13(3)17-14-9-18-16(4,5)19-10-14/h6-8,13-14,17H,9-10H2,1-5H3. The van der Waals surface area contributed by atoms with Crippen LogP contribution in [0.1, 0.15) is 43.5 Å². The van der Waals surface area contributed by atoms with E-state index in [1.807, 2.05) is 13.8 Å². The van der Waals surface area contributed by atoms with Crippen molar-refractivity contribution in [3.8, 4) is 0 Å². The van der Waals surface area contributed by atoms with Crippen LogP contribution in [0.2, 0.25) is 0 Å². The van der Waals surface area contributed by atoms with Gasteiger partial charge in [-0.25, -0.2) is 0 Å². The minimum Gasteiger partial charge on any atom is -0.349 e. The highest BCUT2D eigenvalue weighted by atomic mass is 16.7. The van der Waals surface area contributed by atoms with Gasteiger partial charge < -0.3 is 14.8 Å². The van der Waals surface area contributed by atoms with E-state index in [9.17, 15) is 0 Å². The molecule has 1 aromatic rings. The second-order valence-corrected chi connectivity index (χ2v) is 5.97. The lowest BCUT2D eigenvalue weighted by Crippen LogP contribution is -2.49. The minimum absolute atomic E-state index is 0.253.